The molecule has 380 valence electrons. The average Bonchev–Trinajstić information content (AvgIpc) is 3.30. The van der Waals surface area contributed by atoms with Gasteiger partial charge in [-0.2, -0.15) is 0 Å². The standard InChI is InChI=1S/C57H98O9/c1-4-7-10-11-18-24-33-44-53(60)45-36-27-23-30-38-47-56(62)65-50-54(66-57(63)48-39-29-22-17-13-15-20-26-35-43-52(59)41-32-9-6-3)49-64-55(61)46-37-28-21-16-12-14-19-25-34-42-51(58)40-31-8-5-2/h18-20,24-26,33-35,42-44,51-54,58-60H,4-17,21-23,27-32,36-41,45-50H2,1-3H3/b24-18-,25-19-,26-20-,42-34-,43-35-,44-33-/t51?,52?,53?,54-/m1/s1. The van der Waals surface area contributed by atoms with Crippen molar-refractivity contribution in [1.82, 2.24) is 0 Å². The van der Waals surface area contributed by atoms with E-state index < -0.39 is 12.2 Å². The highest BCUT2D eigenvalue weighted by atomic mass is 16.6. The van der Waals surface area contributed by atoms with Crippen molar-refractivity contribution in [2.24, 2.45) is 0 Å². The van der Waals surface area contributed by atoms with Gasteiger partial charge in [0, 0.05) is 19.3 Å². The Balaban J connectivity index is 4.59. The van der Waals surface area contributed by atoms with Crippen molar-refractivity contribution in [2.75, 3.05) is 13.2 Å². The van der Waals surface area contributed by atoms with Gasteiger partial charge in [-0.1, -0.05) is 209 Å². The Kier molecular flexibility index (Phi) is 47.2. The number of aliphatic hydroxyl groups is 3. The van der Waals surface area contributed by atoms with Crippen molar-refractivity contribution >= 4 is 17.9 Å². The van der Waals surface area contributed by atoms with Gasteiger partial charge in [-0.05, 0) is 77.0 Å². The first-order valence-corrected chi connectivity index (χ1v) is 26.8. The molecule has 66 heavy (non-hydrogen) atoms. The van der Waals surface area contributed by atoms with Crippen molar-refractivity contribution < 1.29 is 43.9 Å². The molecule has 0 aliphatic carbocycles. The lowest BCUT2D eigenvalue weighted by atomic mass is 10.1. The van der Waals surface area contributed by atoms with E-state index in [9.17, 15) is 29.7 Å². The summed E-state index contributed by atoms with van der Waals surface area (Å²) >= 11 is 0. The molecular formula is C57H98O9. The summed E-state index contributed by atoms with van der Waals surface area (Å²) < 4.78 is 16.7. The normalized spacial score (nSPS) is 14.1. The molecule has 9 nitrogen and oxygen atoms in total. The van der Waals surface area contributed by atoms with Crippen LogP contribution >= 0.6 is 0 Å². The topological polar surface area (TPSA) is 140 Å². The third kappa shape index (κ3) is 47.2. The molecule has 0 aliphatic rings. The first-order chi connectivity index (χ1) is 32.2. The van der Waals surface area contributed by atoms with Crippen LogP contribution in [0.25, 0.3) is 0 Å². The van der Waals surface area contributed by atoms with Crippen molar-refractivity contribution in [1.29, 1.82) is 0 Å². The van der Waals surface area contributed by atoms with E-state index in [-0.39, 0.29) is 62.6 Å². The summed E-state index contributed by atoms with van der Waals surface area (Å²) in [4.78, 5) is 38.0. The summed E-state index contributed by atoms with van der Waals surface area (Å²) in [6.45, 7) is 6.22. The third-order valence-corrected chi connectivity index (χ3v) is 11.5. The van der Waals surface area contributed by atoms with Gasteiger partial charge in [-0.25, -0.2) is 0 Å². The fraction of sp³-hybridized carbons (Fsp3) is 0.737. The minimum Gasteiger partial charge on any atom is -0.462 e. The van der Waals surface area contributed by atoms with Crippen LogP contribution in [0.3, 0.4) is 0 Å². The summed E-state index contributed by atoms with van der Waals surface area (Å²) in [5.74, 6) is -1.10. The lowest BCUT2D eigenvalue weighted by molar-refractivity contribution is -0.167. The van der Waals surface area contributed by atoms with E-state index in [1.165, 1.54) is 19.3 Å². The molecule has 0 aliphatic heterocycles. The first kappa shape index (κ1) is 62.7. The maximum atomic E-state index is 12.8. The van der Waals surface area contributed by atoms with Gasteiger partial charge < -0.3 is 29.5 Å². The lowest BCUT2D eigenvalue weighted by Gasteiger charge is -2.18. The number of ether oxygens (including phenoxy) is 3. The molecule has 0 heterocycles. The molecule has 0 rings (SSSR count). The Bertz CT molecular complexity index is 1300. The summed E-state index contributed by atoms with van der Waals surface area (Å²) in [5.41, 5.74) is 0. The smallest absolute Gasteiger partial charge is 0.306 e. The Hall–Kier alpha value is -3.27. The zero-order valence-electron chi connectivity index (χ0n) is 42.3. The van der Waals surface area contributed by atoms with Crippen LogP contribution in [-0.4, -0.2) is 70.9 Å². The maximum Gasteiger partial charge on any atom is 0.306 e. The Labute approximate surface area is 403 Å². The van der Waals surface area contributed by atoms with E-state index in [4.69, 9.17) is 14.2 Å². The minimum atomic E-state index is -0.854. The van der Waals surface area contributed by atoms with Crippen molar-refractivity contribution in [3.05, 3.63) is 72.9 Å². The fourth-order valence-electron chi connectivity index (χ4n) is 7.26. The predicted molar refractivity (Wildman–Crippen MR) is 274 cm³/mol. The maximum absolute atomic E-state index is 12.8. The molecule has 0 spiro atoms. The van der Waals surface area contributed by atoms with E-state index in [2.05, 4.69) is 39.0 Å². The zero-order valence-corrected chi connectivity index (χ0v) is 42.3. The summed E-state index contributed by atoms with van der Waals surface area (Å²) in [7, 11) is 0. The van der Waals surface area contributed by atoms with Gasteiger partial charge in [0.05, 0.1) is 18.3 Å². The van der Waals surface area contributed by atoms with Gasteiger partial charge in [0.15, 0.2) is 6.10 Å². The van der Waals surface area contributed by atoms with Gasteiger partial charge in [0.2, 0.25) is 0 Å². The fourth-order valence-corrected chi connectivity index (χ4v) is 7.26. The molecular weight excluding hydrogens is 829 g/mol. The largest absolute Gasteiger partial charge is 0.462 e. The zero-order chi connectivity index (χ0) is 48.4. The number of carbonyl (C=O) groups is 3. The van der Waals surface area contributed by atoms with E-state index >= 15 is 0 Å². The number of rotatable bonds is 47. The molecule has 0 saturated heterocycles. The number of unbranched alkanes of at least 4 members (excludes halogenated alkanes) is 21. The monoisotopic (exact) mass is 927 g/mol. The molecule has 0 bridgehead atoms. The van der Waals surface area contributed by atoms with Crippen LogP contribution in [0.5, 0.6) is 0 Å². The summed E-state index contributed by atoms with van der Waals surface area (Å²) in [5, 5.41) is 30.2. The van der Waals surface area contributed by atoms with Crippen molar-refractivity contribution in [3.63, 3.8) is 0 Å². The molecule has 4 atom stereocenters. The molecule has 0 fully saturated rings. The molecule has 3 unspecified atom stereocenters. The number of esters is 3. The molecule has 0 aromatic carbocycles. The second-order valence-corrected chi connectivity index (χ2v) is 18.0. The Morgan fingerprint density at radius 3 is 1.08 bits per heavy atom. The molecule has 9 heteroatoms. The van der Waals surface area contributed by atoms with Crippen LogP contribution < -0.4 is 0 Å². The molecule has 0 saturated carbocycles. The van der Waals surface area contributed by atoms with Crippen LogP contribution in [0.1, 0.15) is 233 Å². The van der Waals surface area contributed by atoms with Crippen molar-refractivity contribution in [3.8, 4) is 0 Å². The van der Waals surface area contributed by atoms with Crippen LogP contribution in [0.4, 0.5) is 0 Å². The van der Waals surface area contributed by atoms with Crippen LogP contribution in [0.15, 0.2) is 72.9 Å². The van der Waals surface area contributed by atoms with Gasteiger partial charge in [0.25, 0.3) is 0 Å². The SMILES string of the molecule is CCCCC/C=C\C=C/C(O)CCCCCCCC(=O)OC[C@@H](COC(=O)CCCCCCC/C=C\C=C/C(O)CCCCC)OC(=O)CCCCCCC/C=C\C=C/C(O)CCCCC. The number of carbonyl (C=O) groups excluding carboxylic acids is 3. The van der Waals surface area contributed by atoms with E-state index in [1.54, 1.807) is 0 Å². The van der Waals surface area contributed by atoms with Gasteiger partial charge >= 0.3 is 17.9 Å². The summed E-state index contributed by atoms with van der Waals surface area (Å²) in [6, 6.07) is 0. The van der Waals surface area contributed by atoms with Crippen LogP contribution in [-0.2, 0) is 28.6 Å². The third-order valence-electron chi connectivity index (χ3n) is 11.5. The van der Waals surface area contributed by atoms with Gasteiger partial charge in [-0.3, -0.25) is 14.4 Å². The minimum absolute atomic E-state index is 0.148. The van der Waals surface area contributed by atoms with E-state index in [0.717, 1.165) is 161 Å². The first-order valence-electron chi connectivity index (χ1n) is 26.8. The Morgan fingerprint density at radius 1 is 0.379 bits per heavy atom. The van der Waals surface area contributed by atoms with Gasteiger partial charge in [-0.15, -0.1) is 0 Å². The van der Waals surface area contributed by atoms with Crippen LogP contribution in [0.2, 0.25) is 0 Å². The lowest BCUT2D eigenvalue weighted by Crippen LogP contribution is -2.30. The summed E-state index contributed by atoms with van der Waals surface area (Å²) in [6.07, 6.45) is 52.3. The quantitative estimate of drug-likeness (QED) is 0.0235. The Morgan fingerprint density at radius 2 is 0.682 bits per heavy atom. The van der Waals surface area contributed by atoms with E-state index in [1.807, 2.05) is 54.7 Å². The van der Waals surface area contributed by atoms with E-state index in [0.29, 0.717) is 12.8 Å². The highest BCUT2D eigenvalue weighted by Gasteiger charge is 2.19. The molecule has 0 radical (unpaired) electrons. The molecule has 0 amide bonds. The second kappa shape index (κ2) is 49.6. The van der Waals surface area contributed by atoms with Gasteiger partial charge in [0.1, 0.15) is 13.2 Å². The van der Waals surface area contributed by atoms with Crippen LogP contribution in [0, 0.1) is 0 Å². The molecule has 0 aromatic heterocycles. The highest BCUT2D eigenvalue weighted by molar-refractivity contribution is 5.71. The average molecular weight is 927 g/mol. The predicted octanol–water partition coefficient (Wildman–Crippen LogP) is 14.3. The molecule has 0 aromatic rings. The number of hydrogen-bond donors (Lipinski definition) is 3. The number of allylic oxidation sites excluding steroid dienone is 9. The number of hydrogen-bond acceptors (Lipinski definition) is 9. The van der Waals surface area contributed by atoms with Crippen molar-refractivity contribution in [2.45, 2.75) is 257 Å². The second-order valence-electron chi connectivity index (χ2n) is 18.0. The molecule has 3 N–H and O–H groups in total. The highest BCUT2D eigenvalue weighted by Crippen LogP contribution is 2.14. The number of aliphatic hydroxyl groups excluding tert-OH is 3.